The molecule has 1 aromatic heterocycles. The van der Waals surface area contributed by atoms with E-state index in [0.29, 0.717) is 58.6 Å². The Labute approximate surface area is 257 Å². The second-order valence-corrected chi connectivity index (χ2v) is 11.7. The van der Waals surface area contributed by atoms with Crippen LogP contribution in [0.4, 0.5) is 0 Å². The first-order chi connectivity index (χ1) is 20.3. The molecule has 4 aromatic rings. The topological polar surface area (TPSA) is 95.9 Å². The number of aliphatic carboxylic acids is 1. The molecule has 216 valence electrons. The molecule has 3 aromatic carbocycles. The molecule has 2 N–H and O–H groups in total. The molecule has 5 rings (SSSR count). The first-order valence-electron chi connectivity index (χ1n) is 13.5. The smallest absolute Gasteiger partial charge is 0.305 e. The molecule has 0 spiro atoms. The number of carboxylic acid groups (broad SMARTS) is 1. The molecule has 1 unspecified atom stereocenters. The number of para-hydroxylation sites is 1. The molecule has 0 aliphatic carbocycles. The number of rotatable bonds is 9. The van der Waals surface area contributed by atoms with E-state index in [2.05, 4.69) is 5.32 Å². The van der Waals surface area contributed by atoms with E-state index < -0.39 is 12.0 Å². The SMILES string of the molecule is O=C(O)CC(NC(=O)C1CCN(C(=O)C=Cc2cc3ccsc3c(Cl)c2Cl)CC1)c1ccc(Oc2ccccc2)cc1. The van der Waals surface area contributed by atoms with Gasteiger partial charge in [0.25, 0.3) is 0 Å². The van der Waals surface area contributed by atoms with Gasteiger partial charge in [-0.1, -0.05) is 53.5 Å². The Morgan fingerprint density at radius 2 is 1.69 bits per heavy atom. The monoisotopic (exact) mass is 622 g/mol. The molecule has 1 aliphatic heterocycles. The molecular formula is C32H28Cl2N2O5S. The van der Waals surface area contributed by atoms with Crippen molar-refractivity contribution in [3.8, 4) is 11.5 Å². The summed E-state index contributed by atoms with van der Waals surface area (Å²) in [6.07, 6.45) is 3.84. The van der Waals surface area contributed by atoms with Gasteiger partial charge >= 0.3 is 5.97 Å². The fourth-order valence-corrected chi connectivity index (χ4v) is 6.37. The number of likely N-dealkylation sites (tertiary alicyclic amines) is 1. The third kappa shape index (κ3) is 7.13. The van der Waals surface area contributed by atoms with E-state index in [1.807, 2.05) is 47.8 Å². The lowest BCUT2D eigenvalue weighted by Crippen LogP contribution is -2.43. The van der Waals surface area contributed by atoms with Gasteiger partial charge in [-0.25, -0.2) is 0 Å². The van der Waals surface area contributed by atoms with Crippen LogP contribution in [-0.4, -0.2) is 40.9 Å². The number of benzene rings is 3. The molecule has 1 atom stereocenters. The van der Waals surface area contributed by atoms with E-state index >= 15 is 0 Å². The van der Waals surface area contributed by atoms with Crippen LogP contribution in [0.25, 0.3) is 16.2 Å². The van der Waals surface area contributed by atoms with Gasteiger partial charge in [0.15, 0.2) is 0 Å². The minimum absolute atomic E-state index is 0.173. The zero-order chi connectivity index (χ0) is 29.6. The minimum Gasteiger partial charge on any atom is -0.481 e. The van der Waals surface area contributed by atoms with Crippen LogP contribution in [0.3, 0.4) is 0 Å². The van der Waals surface area contributed by atoms with Gasteiger partial charge in [-0.2, -0.15) is 0 Å². The number of carbonyl (C=O) groups is 3. The number of thiophene rings is 1. The Morgan fingerprint density at radius 1 is 1.00 bits per heavy atom. The van der Waals surface area contributed by atoms with Crippen LogP contribution in [0, 0.1) is 5.92 Å². The molecule has 2 amide bonds. The second kappa shape index (κ2) is 13.4. The van der Waals surface area contributed by atoms with Crippen molar-refractivity contribution < 1.29 is 24.2 Å². The Morgan fingerprint density at radius 3 is 2.38 bits per heavy atom. The number of carboxylic acids is 1. The third-order valence-electron chi connectivity index (χ3n) is 7.19. The van der Waals surface area contributed by atoms with Gasteiger partial charge in [0.1, 0.15) is 11.5 Å². The lowest BCUT2D eigenvalue weighted by Gasteiger charge is -2.31. The van der Waals surface area contributed by atoms with E-state index in [1.165, 1.54) is 17.4 Å². The van der Waals surface area contributed by atoms with Crippen LogP contribution in [0.5, 0.6) is 11.5 Å². The molecule has 42 heavy (non-hydrogen) atoms. The molecular weight excluding hydrogens is 595 g/mol. The first kappa shape index (κ1) is 29.6. The zero-order valence-corrected chi connectivity index (χ0v) is 24.8. The van der Waals surface area contributed by atoms with Crippen LogP contribution < -0.4 is 10.1 Å². The van der Waals surface area contributed by atoms with Crippen LogP contribution in [-0.2, 0) is 14.4 Å². The highest BCUT2D eigenvalue weighted by Gasteiger charge is 2.29. The number of amides is 2. The molecule has 0 saturated carbocycles. The number of nitrogens with one attached hydrogen (secondary N) is 1. The maximum absolute atomic E-state index is 13.1. The van der Waals surface area contributed by atoms with E-state index in [4.69, 9.17) is 27.9 Å². The summed E-state index contributed by atoms with van der Waals surface area (Å²) in [5, 5.41) is 16.2. The Hall–Kier alpha value is -3.85. The first-order valence-corrected chi connectivity index (χ1v) is 15.1. The number of hydrogen-bond donors (Lipinski definition) is 2. The van der Waals surface area contributed by atoms with Gasteiger partial charge in [-0.3, -0.25) is 14.4 Å². The summed E-state index contributed by atoms with van der Waals surface area (Å²) >= 11 is 14.3. The van der Waals surface area contributed by atoms with E-state index in [1.54, 1.807) is 35.2 Å². The third-order valence-corrected chi connectivity index (χ3v) is 9.13. The molecule has 1 aliphatic rings. The van der Waals surface area contributed by atoms with Crippen molar-refractivity contribution in [3.05, 3.63) is 99.4 Å². The van der Waals surface area contributed by atoms with E-state index in [-0.39, 0.29) is 24.2 Å². The zero-order valence-electron chi connectivity index (χ0n) is 22.5. The van der Waals surface area contributed by atoms with Gasteiger partial charge < -0.3 is 20.1 Å². The Bertz CT molecular complexity index is 1610. The fraction of sp³-hybridized carbons (Fsp3) is 0.219. The summed E-state index contributed by atoms with van der Waals surface area (Å²) < 4.78 is 6.72. The summed E-state index contributed by atoms with van der Waals surface area (Å²) in [7, 11) is 0. The van der Waals surface area contributed by atoms with Crippen molar-refractivity contribution in [3.63, 3.8) is 0 Å². The van der Waals surface area contributed by atoms with Gasteiger partial charge in [-0.15, -0.1) is 11.3 Å². The molecule has 2 heterocycles. The average molecular weight is 624 g/mol. The predicted octanol–water partition coefficient (Wildman–Crippen LogP) is 7.58. The molecule has 0 radical (unpaired) electrons. The van der Waals surface area contributed by atoms with Crippen LogP contribution >= 0.6 is 34.5 Å². The van der Waals surface area contributed by atoms with Crippen molar-refractivity contribution in [2.24, 2.45) is 5.92 Å². The van der Waals surface area contributed by atoms with Crippen LogP contribution in [0.15, 0.2) is 78.2 Å². The molecule has 1 saturated heterocycles. The largest absolute Gasteiger partial charge is 0.481 e. The summed E-state index contributed by atoms with van der Waals surface area (Å²) in [5.41, 5.74) is 1.34. The summed E-state index contributed by atoms with van der Waals surface area (Å²) in [5.74, 6) is -0.448. The number of carbonyl (C=O) groups excluding carboxylic acids is 2. The second-order valence-electron chi connectivity index (χ2n) is 10.0. The maximum atomic E-state index is 13.1. The quantitative estimate of drug-likeness (QED) is 0.188. The van der Waals surface area contributed by atoms with Gasteiger partial charge in [0.05, 0.1) is 27.2 Å². The minimum atomic E-state index is -1.02. The lowest BCUT2D eigenvalue weighted by atomic mass is 9.94. The van der Waals surface area contributed by atoms with Crippen LogP contribution in [0.1, 0.15) is 36.4 Å². The van der Waals surface area contributed by atoms with Crippen LogP contribution in [0.2, 0.25) is 10.0 Å². The van der Waals surface area contributed by atoms with Crippen molar-refractivity contribution >= 4 is 68.5 Å². The maximum Gasteiger partial charge on any atom is 0.305 e. The number of fused-ring (bicyclic) bond motifs is 1. The van der Waals surface area contributed by atoms with Crippen molar-refractivity contribution in [2.75, 3.05) is 13.1 Å². The normalized spacial score (nSPS) is 14.7. The number of ether oxygens (including phenoxy) is 1. The number of halogens is 2. The lowest BCUT2D eigenvalue weighted by molar-refractivity contribution is -0.138. The predicted molar refractivity (Wildman–Crippen MR) is 166 cm³/mol. The summed E-state index contributed by atoms with van der Waals surface area (Å²) in [6.45, 7) is 0.822. The number of hydrogen-bond acceptors (Lipinski definition) is 5. The molecule has 1 fully saturated rings. The summed E-state index contributed by atoms with van der Waals surface area (Å²) in [4.78, 5) is 39.3. The highest BCUT2D eigenvalue weighted by molar-refractivity contribution is 7.18. The van der Waals surface area contributed by atoms with Gasteiger partial charge in [0, 0.05) is 25.1 Å². The molecule has 10 heteroatoms. The number of nitrogens with zero attached hydrogens (tertiary/aromatic N) is 1. The van der Waals surface area contributed by atoms with E-state index in [9.17, 15) is 19.5 Å². The highest BCUT2D eigenvalue weighted by Crippen LogP contribution is 2.37. The summed E-state index contributed by atoms with van der Waals surface area (Å²) in [6, 6.07) is 19.5. The van der Waals surface area contributed by atoms with Crippen molar-refractivity contribution in [1.29, 1.82) is 0 Å². The average Bonchev–Trinajstić information content (AvgIpc) is 3.47. The number of piperidine rings is 1. The molecule has 0 bridgehead atoms. The van der Waals surface area contributed by atoms with E-state index in [0.717, 1.165) is 10.1 Å². The standard InChI is InChI=1S/C32H28Cl2N2O5S/c33-29-22(18-23-14-17-42-31(23)30(29)34)8-11-27(37)36-15-12-21(13-16-36)32(40)35-26(19-28(38)39)20-6-9-25(10-7-20)41-24-4-2-1-3-5-24/h1-11,14,17-18,21,26H,12-13,15-16,19H2,(H,35,40)(H,38,39). The fourth-order valence-electron chi connectivity index (χ4n) is 4.93. The Kier molecular flexibility index (Phi) is 9.47. The Balaban J connectivity index is 1.17. The van der Waals surface area contributed by atoms with Crippen molar-refractivity contribution in [2.45, 2.75) is 25.3 Å². The van der Waals surface area contributed by atoms with Gasteiger partial charge in [0.2, 0.25) is 11.8 Å². The van der Waals surface area contributed by atoms with Gasteiger partial charge in [-0.05, 0) is 77.2 Å². The van der Waals surface area contributed by atoms with Crippen molar-refractivity contribution in [1.82, 2.24) is 10.2 Å². The molecule has 7 nitrogen and oxygen atoms in total. The highest BCUT2D eigenvalue weighted by atomic mass is 35.5.